The first-order chi connectivity index (χ1) is 9.05. The Morgan fingerprint density at radius 1 is 1.30 bits per heavy atom. The number of hydrogen-bond donors (Lipinski definition) is 2. The van der Waals surface area contributed by atoms with Crippen LogP contribution in [0.15, 0.2) is 11.6 Å². The van der Waals surface area contributed by atoms with Gasteiger partial charge in [-0.05, 0) is 39.5 Å². The second-order valence-corrected chi connectivity index (χ2v) is 6.23. The molecule has 0 heterocycles. The van der Waals surface area contributed by atoms with Crippen molar-refractivity contribution in [3.05, 3.63) is 11.6 Å². The van der Waals surface area contributed by atoms with Gasteiger partial charge in [0.05, 0.1) is 6.04 Å². The average molecular weight is 285 g/mol. The summed E-state index contributed by atoms with van der Waals surface area (Å²) >= 11 is 0. The van der Waals surface area contributed by atoms with Gasteiger partial charge in [-0.25, -0.2) is 9.59 Å². The van der Waals surface area contributed by atoms with E-state index in [9.17, 15) is 9.59 Å². The summed E-state index contributed by atoms with van der Waals surface area (Å²) in [7, 11) is 0. The van der Waals surface area contributed by atoms with Gasteiger partial charge in [0.15, 0.2) is 0 Å². The molecule has 0 aromatic heterocycles. The van der Waals surface area contributed by atoms with E-state index in [2.05, 4.69) is 5.32 Å². The van der Waals surface area contributed by atoms with E-state index in [0.29, 0.717) is 24.3 Å². The van der Waals surface area contributed by atoms with Crippen LogP contribution in [0.5, 0.6) is 0 Å². The molecule has 0 radical (unpaired) electrons. The van der Waals surface area contributed by atoms with Gasteiger partial charge < -0.3 is 15.2 Å². The zero-order valence-corrected chi connectivity index (χ0v) is 13.3. The molecule has 1 atom stereocenters. The minimum absolute atomic E-state index is 0.298. The van der Waals surface area contributed by atoms with Crippen LogP contribution in [-0.2, 0) is 9.53 Å². The molecule has 0 fully saturated rings. The van der Waals surface area contributed by atoms with E-state index in [1.807, 2.05) is 13.8 Å². The Balaban J connectivity index is 4.89. The molecular weight excluding hydrogens is 258 g/mol. The van der Waals surface area contributed by atoms with E-state index >= 15 is 0 Å². The van der Waals surface area contributed by atoms with Crippen LogP contribution >= 0.6 is 0 Å². The van der Waals surface area contributed by atoms with E-state index in [0.717, 1.165) is 0 Å². The molecule has 5 nitrogen and oxygen atoms in total. The Hall–Kier alpha value is -1.52. The zero-order chi connectivity index (χ0) is 15.9. The SMILES string of the molecule is CC/C(=C\C(CC(C)C)NC(=O)OC(C)(C)C)C(=O)O. The van der Waals surface area contributed by atoms with E-state index < -0.39 is 17.7 Å². The van der Waals surface area contributed by atoms with Crippen molar-refractivity contribution < 1.29 is 19.4 Å². The van der Waals surface area contributed by atoms with Crippen molar-refractivity contribution in [2.75, 3.05) is 0 Å². The summed E-state index contributed by atoms with van der Waals surface area (Å²) in [5, 5.41) is 11.8. The van der Waals surface area contributed by atoms with Gasteiger partial charge in [-0.1, -0.05) is 26.8 Å². The lowest BCUT2D eigenvalue weighted by molar-refractivity contribution is -0.132. The highest BCUT2D eigenvalue weighted by atomic mass is 16.6. The number of amides is 1. The van der Waals surface area contributed by atoms with E-state index in [1.165, 1.54) is 0 Å². The van der Waals surface area contributed by atoms with E-state index in [1.54, 1.807) is 33.8 Å². The van der Waals surface area contributed by atoms with Gasteiger partial charge in [0, 0.05) is 5.57 Å². The molecule has 0 aliphatic heterocycles. The number of ether oxygens (including phenoxy) is 1. The van der Waals surface area contributed by atoms with Crippen LogP contribution in [0, 0.1) is 5.92 Å². The molecule has 0 aliphatic carbocycles. The number of carbonyl (C=O) groups is 2. The quantitative estimate of drug-likeness (QED) is 0.734. The highest BCUT2D eigenvalue weighted by Crippen LogP contribution is 2.12. The van der Waals surface area contributed by atoms with Crippen LogP contribution < -0.4 is 5.32 Å². The minimum atomic E-state index is -0.952. The lowest BCUT2D eigenvalue weighted by Crippen LogP contribution is -2.39. The monoisotopic (exact) mass is 285 g/mol. The normalized spacial score (nSPS) is 14.1. The molecule has 0 spiro atoms. The molecule has 0 aromatic carbocycles. The first kappa shape index (κ1) is 18.5. The molecule has 0 saturated heterocycles. The third-order valence-corrected chi connectivity index (χ3v) is 2.49. The minimum Gasteiger partial charge on any atom is -0.478 e. The lowest BCUT2D eigenvalue weighted by atomic mass is 10.0. The van der Waals surface area contributed by atoms with Gasteiger partial charge in [-0.15, -0.1) is 0 Å². The summed E-state index contributed by atoms with van der Waals surface area (Å²) in [6, 6.07) is -0.337. The maximum Gasteiger partial charge on any atom is 0.408 e. The van der Waals surface area contributed by atoms with Crippen molar-refractivity contribution in [2.24, 2.45) is 5.92 Å². The molecule has 0 bridgehead atoms. The van der Waals surface area contributed by atoms with Crippen LogP contribution in [0.2, 0.25) is 0 Å². The van der Waals surface area contributed by atoms with Crippen molar-refractivity contribution in [1.29, 1.82) is 0 Å². The fourth-order valence-electron chi connectivity index (χ4n) is 1.72. The van der Waals surface area contributed by atoms with Crippen molar-refractivity contribution in [2.45, 2.75) is 66.0 Å². The van der Waals surface area contributed by atoms with Crippen LogP contribution in [0.3, 0.4) is 0 Å². The van der Waals surface area contributed by atoms with E-state index in [-0.39, 0.29) is 6.04 Å². The third kappa shape index (κ3) is 8.56. The summed E-state index contributed by atoms with van der Waals surface area (Å²) < 4.78 is 5.20. The zero-order valence-electron chi connectivity index (χ0n) is 13.3. The Morgan fingerprint density at radius 2 is 1.85 bits per heavy atom. The molecule has 0 aliphatic rings. The Morgan fingerprint density at radius 3 is 2.20 bits per heavy atom. The Bertz CT molecular complexity index is 367. The molecular formula is C15H27NO4. The van der Waals surface area contributed by atoms with Crippen LogP contribution in [-0.4, -0.2) is 28.8 Å². The van der Waals surface area contributed by atoms with Gasteiger partial charge in [0.25, 0.3) is 0 Å². The van der Waals surface area contributed by atoms with Crippen molar-refractivity contribution in [1.82, 2.24) is 5.32 Å². The van der Waals surface area contributed by atoms with Crippen molar-refractivity contribution in [3.63, 3.8) is 0 Å². The van der Waals surface area contributed by atoms with E-state index in [4.69, 9.17) is 9.84 Å². The van der Waals surface area contributed by atoms with Gasteiger partial charge >= 0.3 is 12.1 Å². The fourth-order valence-corrected chi connectivity index (χ4v) is 1.72. The predicted octanol–water partition coefficient (Wildman–Crippen LogP) is 3.35. The molecule has 2 N–H and O–H groups in total. The van der Waals surface area contributed by atoms with Gasteiger partial charge in [0.1, 0.15) is 5.60 Å². The number of carboxylic acid groups (broad SMARTS) is 1. The standard InChI is InChI=1S/C15H27NO4/c1-7-11(13(17)18)9-12(8-10(2)3)16-14(19)20-15(4,5)6/h9-10,12H,7-8H2,1-6H3,(H,16,19)(H,17,18)/b11-9+. The topological polar surface area (TPSA) is 75.6 Å². The molecule has 0 aromatic rings. The largest absolute Gasteiger partial charge is 0.478 e. The summed E-state index contributed by atoms with van der Waals surface area (Å²) in [6.07, 6.45) is 2.16. The third-order valence-electron chi connectivity index (χ3n) is 2.49. The summed E-state index contributed by atoms with van der Waals surface area (Å²) in [4.78, 5) is 22.8. The molecule has 116 valence electrons. The molecule has 0 rings (SSSR count). The van der Waals surface area contributed by atoms with Crippen molar-refractivity contribution >= 4 is 12.1 Å². The second kappa shape index (κ2) is 7.92. The second-order valence-electron chi connectivity index (χ2n) is 6.23. The van der Waals surface area contributed by atoms with Crippen molar-refractivity contribution in [3.8, 4) is 0 Å². The summed E-state index contributed by atoms with van der Waals surface area (Å²) in [5.74, 6) is -0.620. The average Bonchev–Trinajstić information content (AvgIpc) is 2.21. The number of nitrogens with one attached hydrogen (secondary N) is 1. The maximum atomic E-state index is 11.8. The summed E-state index contributed by atoms with van der Waals surface area (Å²) in [6.45, 7) is 11.2. The first-order valence-electron chi connectivity index (χ1n) is 6.98. The fraction of sp³-hybridized carbons (Fsp3) is 0.733. The molecule has 20 heavy (non-hydrogen) atoms. The predicted molar refractivity (Wildman–Crippen MR) is 78.6 cm³/mol. The van der Waals surface area contributed by atoms with Gasteiger partial charge in [-0.3, -0.25) is 0 Å². The number of rotatable bonds is 6. The van der Waals surface area contributed by atoms with Gasteiger partial charge in [0.2, 0.25) is 0 Å². The summed E-state index contributed by atoms with van der Waals surface area (Å²) in [5.41, 5.74) is -0.275. The number of carboxylic acids is 1. The molecule has 0 saturated carbocycles. The van der Waals surface area contributed by atoms with Crippen LogP contribution in [0.4, 0.5) is 4.79 Å². The smallest absolute Gasteiger partial charge is 0.408 e. The van der Waals surface area contributed by atoms with Gasteiger partial charge in [-0.2, -0.15) is 0 Å². The molecule has 1 amide bonds. The highest BCUT2D eigenvalue weighted by Gasteiger charge is 2.20. The highest BCUT2D eigenvalue weighted by molar-refractivity contribution is 5.86. The maximum absolute atomic E-state index is 11.8. The lowest BCUT2D eigenvalue weighted by Gasteiger charge is -2.23. The number of aliphatic carboxylic acids is 1. The Labute approximate surface area is 121 Å². The first-order valence-corrected chi connectivity index (χ1v) is 6.98. The van der Waals surface area contributed by atoms with Crippen LogP contribution in [0.1, 0.15) is 54.4 Å². The number of hydrogen-bond acceptors (Lipinski definition) is 3. The number of alkyl carbamates (subject to hydrolysis) is 1. The number of carbonyl (C=O) groups excluding carboxylic acids is 1. The molecule has 5 heteroatoms. The van der Waals surface area contributed by atoms with Crippen LogP contribution in [0.25, 0.3) is 0 Å². The molecule has 1 unspecified atom stereocenters. The Kier molecular flexibility index (Phi) is 7.32.